The molecular formula is C23H28N8O3. The van der Waals surface area contributed by atoms with Crippen LogP contribution in [0.15, 0.2) is 42.3 Å². The molecule has 0 bridgehead atoms. The summed E-state index contributed by atoms with van der Waals surface area (Å²) in [5, 5.41) is 22.1. The van der Waals surface area contributed by atoms with Crippen molar-refractivity contribution in [2.24, 2.45) is 7.05 Å². The van der Waals surface area contributed by atoms with E-state index in [1.165, 1.54) is 0 Å². The average molecular weight is 465 g/mol. The molecule has 3 heterocycles. The van der Waals surface area contributed by atoms with Crippen LogP contribution in [0.5, 0.6) is 0 Å². The maximum atomic E-state index is 12.2. The van der Waals surface area contributed by atoms with Crippen LogP contribution in [-0.2, 0) is 21.3 Å². The molecule has 1 amide bonds. The summed E-state index contributed by atoms with van der Waals surface area (Å²) in [6.07, 6.45) is 6.69. The molecule has 0 radical (unpaired) electrons. The second-order valence-corrected chi connectivity index (χ2v) is 8.41. The standard InChI is InChI=1S/C23H28N8O3/c1-31-23(27-16-4-5-18-15(9-16)11-25-29-18)28-22(30-31)14-3-6-19(20(10-14)33-2)34-13-21(32)26-17-7-8-24-12-17/h3-6,9,11,17,20,24H,7-8,10,12-13H2,1-2H3,(H,25,29)(H,26,32)(H,27,28,30). The largest absolute Gasteiger partial charge is 0.485 e. The van der Waals surface area contributed by atoms with Gasteiger partial charge in [0, 0.05) is 49.8 Å². The molecule has 4 N–H and O–H groups in total. The van der Waals surface area contributed by atoms with Crippen molar-refractivity contribution in [3.05, 3.63) is 48.1 Å². The lowest BCUT2D eigenvalue weighted by Gasteiger charge is -2.23. The average Bonchev–Trinajstić information content (AvgIpc) is 3.59. The van der Waals surface area contributed by atoms with Gasteiger partial charge in [-0.2, -0.15) is 10.1 Å². The van der Waals surface area contributed by atoms with Crippen LogP contribution >= 0.6 is 0 Å². The summed E-state index contributed by atoms with van der Waals surface area (Å²) >= 11 is 0. The Morgan fingerprint density at radius 3 is 3.06 bits per heavy atom. The number of amides is 1. The maximum absolute atomic E-state index is 12.2. The monoisotopic (exact) mass is 464 g/mol. The Bertz CT molecular complexity index is 1240. The van der Waals surface area contributed by atoms with Crippen molar-refractivity contribution in [2.45, 2.75) is 25.0 Å². The van der Waals surface area contributed by atoms with Crippen molar-refractivity contribution < 1.29 is 14.3 Å². The number of benzene rings is 1. The summed E-state index contributed by atoms with van der Waals surface area (Å²) in [7, 11) is 3.47. The summed E-state index contributed by atoms with van der Waals surface area (Å²) in [4.78, 5) is 16.9. The van der Waals surface area contributed by atoms with Gasteiger partial charge in [0.05, 0.1) is 11.7 Å². The fourth-order valence-electron chi connectivity index (χ4n) is 4.14. The van der Waals surface area contributed by atoms with E-state index in [4.69, 9.17) is 9.47 Å². The first-order valence-corrected chi connectivity index (χ1v) is 11.3. The molecule has 2 unspecified atom stereocenters. The molecule has 178 valence electrons. The number of hydrogen-bond donors (Lipinski definition) is 4. The number of aromatic nitrogens is 5. The molecule has 1 aliphatic carbocycles. The third-order valence-corrected chi connectivity index (χ3v) is 6.00. The summed E-state index contributed by atoms with van der Waals surface area (Å²) in [6, 6.07) is 6.09. The summed E-state index contributed by atoms with van der Waals surface area (Å²) in [5.41, 5.74) is 2.79. The van der Waals surface area contributed by atoms with Crippen molar-refractivity contribution in [1.29, 1.82) is 0 Å². The van der Waals surface area contributed by atoms with Crippen molar-refractivity contribution in [2.75, 3.05) is 32.1 Å². The SMILES string of the molecule is COC1CC(c2nc(Nc3ccc4[nH]ncc4c3)n(C)n2)=CC=C1OCC(=O)NC1CCNC1. The number of aryl methyl sites for hydroxylation is 1. The number of aromatic amines is 1. The van der Waals surface area contributed by atoms with E-state index in [1.54, 1.807) is 18.0 Å². The number of carbonyl (C=O) groups is 1. The molecule has 2 aromatic heterocycles. The number of H-pyrrole nitrogens is 1. The molecule has 2 aliphatic rings. The fourth-order valence-corrected chi connectivity index (χ4v) is 4.14. The van der Waals surface area contributed by atoms with Gasteiger partial charge in [-0.25, -0.2) is 4.68 Å². The quantitative estimate of drug-likeness (QED) is 0.396. The molecule has 0 saturated carbocycles. The van der Waals surface area contributed by atoms with Crippen molar-refractivity contribution in [3.63, 3.8) is 0 Å². The number of nitrogens with zero attached hydrogens (tertiary/aromatic N) is 4. The smallest absolute Gasteiger partial charge is 0.258 e. The van der Waals surface area contributed by atoms with Gasteiger partial charge in [0.15, 0.2) is 12.4 Å². The van der Waals surface area contributed by atoms with Crippen molar-refractivity contribution in [1.82, 2.24) is 35.6 Å². The molecule has 0 spiro atoms. The second-order valence-electron chi connectivity index (χ2n) is 8.41. The van der Waals surface area contributed by atoms with Crippen LogP contribution in [0.2, 0.25) is 0 Å². The van der Waals surface area contributed by atoms with Gasteiger partial charge in [0.2, 0.25) is 5.95 Å². The predicted molar refractivity (Wildman–Crippen MR) is 127 cm³/mol. The molecule has 11 heteroatoms. The first-order chi connectivity index (χ1) is 16.6. The van der Waals surface area contributed by atoms with Gasteiger partial charge in [0.1, 0.15) is 11.9 Å². The molecule has 1 aliphatic heterocycles. The number of anilines is 2. The minimum Gasteiger partial charge on any atom is -0.485 e. The van der Waals surface area contributed by atoms with Gasteiger partial charge in [-0.05, 0) is 37.2 Å². The van der Waals surface area contributed by atoms with Crippen molar-refractivity contribution >= 4 is 34.0 Å². The van der Waals surface area contributed by atoms with E-state index in [0.717, 1.165) is 41.7 Å². The third-order valence-electron chi connectivity index (χ3n) is 6.00. The molecular weight excluding hydrogens is 436 g/mol. The van der Waals surface area contributed by atoms with E-state index in [1.807, 2.05) is 37.4 Å². The van der Waals surface area contributed by atoms with Crippen LogP contribution < -0.4 is 16.0 Å². The van der Waals surface area contributed by atoms with Gasteiger partial charge in [-0.1, -0.05) is 6.08 Å². The third kappa shape index (κ3) is 4.80. The minimum atomic E-state index is -0.315. The van der Waals surface area contributed by atoms with Crippen LogP contribution in [0, 0.1) is 0 Å². The molecule has 11 nitrogen and oxygen atoms in total. The number of fused-ring (bicyclic) bond motifs is 1. The predicted octanol–water partition coefficient (Wildman–Crippen LogP) is 1.62. The van der Waals surface area contributed by atoms with Gasteiger partial charge >= 0.3 is 0 Å². The Labute approximate surface area is 196 Å². The number of ether oxygens (including phenoxy) is 2. The van der Waals surface area contributed by atoms with E-state index in [9.17, 15) is 4.79 Å². The lowest BCUT2D eigenvalue weighted by Crippen LogP contribution is -2.38. The zero-order valence-electron chi connectivity index (χ0n) is 19.2. The Morgan fingerprint density at radius 1 is 1.32 bits per heavy atom. The highest BCUT2D eigenvalue weighted by molar-refractivity contribution is 5.82. The first kappa shape index (κ1) is 22.1. The molecule has 1 fully saturated rings. The molecule has 5 rings (SSSR count). The zero-order chi connectivity index (χ0) is 23.5. The lowest BCUT2D eigenvalue weighted by molar-refractivity contribution is -0.125. The van der Waals surface area contributed by atoms with E-state index in [2.05, 4.69) is 36.2 Å². The topological polar surface area (TPSA) is 131 Å². The molecule has 2 atom stereocenters. The maximum Gasteiger partial charge on any atom is 0.258 e. The van der Waals surface area contributed by atoms with E-state index >= 15 is 0 Å². The zero-order valence-corrected chi connectivity index (χ0v) is 19.2. The van der Waals surface area contributed by atoms with Crippen LogP contribution in [0.3, 0.4) is 0 Å². The number of hydrogen-bond acceptors (Lipinski definition) is 8. The molecule has 3 aromatic rings. The van der Waals surface area contributed by atoms with E-state index in [0.29, 0.717) is 24.0 Å². The molecule has 34 heavy (non-hydrogen) atoms. The van der Waals surface area contributed by atoms with Crippen molar-refractivity contribution in [3.8, 4) is 0 Å². The Hall–Kier alpha value is -3.70. The first-order valence-electron chi connectivity index (χ1n) is 11.3. The van der Waals surface area contributed by atoms with Crippen LogP contribution in [0.4, 0.5) is 11.6 Å². The normalized spacial score (nSPS) is 20.2. The van der Waals surface area contributed by atoms with Crippen LogP contribution in [0.25, 0.3) is 16.5 Å². The number of methoxy groups -OCH3 is 1. The van der Waals surface area contributed by atoms with Gasteiger partial charge < -0.3 is 25.4 Å². The number of rotatable bonds is 8. The Kier molecular flexibility index (Phi) is 6.28. The van der Waals surface area contributed by atoms with Gasteiger partial charge in [0.25, 0.3) is 5.91 Å². The Balaban J connectivity index is 1.25. The lowest BCUT2D eigenvalue weighted by atomic mass is 10.0. The fraction of sp³-hybridized carbons (Fsp3) is 0.391. The number of allylic oxidation sites excluding steroid dienone is 2. The van der Waals surface area contributed by atoms with E-state index in [-0.39, 0.29) is 24.7 Å². The van der Waals surface area contributed by atoms with Crippen LogP contribution in [0.1, 0.15) is 18.7 Å². The summed E-state index contributed by atoms with van der Waals surface area (Å²) in [5.74, 6) is 1.72. The number of carbonyl (C=O) groups excluding carboxylic acids is 1. The Morgan fingerprint density at radius 2 is 2.24 bits per heavy atom. The number of nitrogens with one attached hydrogen (secondary N) is 4. The minimum absolute atomic E-state index is 0.0394. The molecule has 1 saturated heterocycles. The summed E-state index contributed by atoms with van der Waals surface area (Å²) in [6.45, 7) is 1.68. The molecule has 1 aromatic carbocycles. The highest BCUT2D eigenvalue weighted by Gasteiger charge is 2.25. The van der Waals surface area contributed by atoms with E-state index < -0.39 is 0 Å². The van der Waals surface area contributed by atoms with Gasteiger partial charge in [-0.3, -0.25) is 9.89 Å². The highest BCUT2D eigenvalue weighted by Crippen LogP contribution is 2.29. The van der Waals surface area contributed by atoms with Gasteiger partial charge in [-0.15, -0.1) is 5.10 Å². The highest BCUT2D eigenvalue weighted by atomic mass is 16.5. The summed E-state index contributed by atoms with van der Waals surface area (Å²) < 4.78 is 13.1. The second kappa shape index (κ2) is 9.65. The van der Waals surface area contributed by atoms with Crippen LogP contribution in [-0.4, -0.2) is 69.8 Å².